The number of nitrogens with zero attached hydrogens (tertiary/aromatic N) is 1. The second kappa shape index (κ2) is 10.3. The quantitative estimate of drug-likeness (QED) is 0.546. The molecule has 7 heteroatoms. The molecule has 1 atom stereocenters. The van der Waals surface area contributed by atoms with E-state index in [0.717, 1.165) is 17.4 Å². The molecule has 0 saturated carbocycles. The average Bonchev–Trinajstić information content (AvgIpc) is 2.74. The minimum absolute atomic E-state index is 0.0850. The predicted octanol–water partition coefficient (Wildman–Crippen LogP) is 4.04. The summed E-state index contributed by atoms with van der Waals surface area (Å²) in [6.45, 7) is 0.785. The lowest BCUT2D eigenvalue weighted by Crippen LogP contribution is -2.35. The van der Waals surface area contributed by atoms with Crippen molar-refractivity contribution in [2.24, 2.45) is 0 Å². The Bertz CT molecular complexity index is 1050. The Morgan fingerprint density at radius 3 is 1.81 bits per heavy atom. The summed E-state index contributed by atoms with van der Waals surface area (Å²) in [4.78, 5) is 15.0. The summed E-state index contributed by atoms with van der Waals surface area (Å²) in [5.41, 5.74) is 2.47. The Kier molecular flexibility index (Phi) is 7.55. The van der Waals surface area contributed by atoms with Crippen molar-refractivity contribution in [2.75, 3.05) is 6.26 Å². The first-order valence-electron chi connectivity index (χ1n) is 9.88. The lowest BCUT2D eigenvalue weighted by Gasteiger charge is -2.26. The van der Waals surface area contributed by atoms with Crippen LogP contribution in [0.4, 0.5) is 4.39 Å². The molecule has 3 rings (SSSR count). The highest BCUT2D eigenvalue weighted by Gasteiger charge is 2.23. The van der Waals surface area contributed by atoms with Crippen molar-refractivity contribution < 1.29 is 17.6 Å². The minimum atomic E-state index is -3.59. The van der Waals surface area contributed by atoms with E-state index in [2.05, 4.69) is 4.72 Å². The van der Waals surface area contributed by atoms with Gasteiger partial charge in [0.1, 0.15) is 5.82 Å². The number of sulfonamides is 1. The van der Waals surface area contributed by atoms with Crippen LogP contribution in [0.15, 0.2) is 84.9 Å². The number of hydrogen-bond acceptors (Lipinski definition) is 3. The Morgan fingerprint density at radius 2 is 1.35 bits per heavy atom. The van der Waals surface area contributed by atoms with E-state index in [1.54, 1.807) is 4.90 Å². The molecule has 1 amide bonds. The fourth-order valence-corrected chi connectivity index (χ4v) is 4.06. The van der Waals surface area contributed by atoms with E-state index in [4.69, 9.17) is 0 Å². The lowest BCUT2D eigenvalue weighted by molar-refractivity contribution is -0.133. The van der Waals surface area contributed by atoms with Crippen LogP contribution in [0.2, 0.25) is 0 Å². The molecule has 5 nitrogen and oxygen atoms in total. The van der Waals surface area contributed by atoms with Crippen LogP contribution in [0, 0.1) is 5.82 Å². The molecular formula is C24H25FN2O3S. The third kappa shape index (κ3) is 7.31. The van der Waals surface area contributed by atoms with E-state index < -0.39 is 21.9 Å². The summed E-state index contributed by atoms with van der Waals surface area (Å²) in [7, 11) is -3.59. The van der Waals surface area contributed by atoms with Crippen molar-refractivity contribution in [2.45, 2.75) is 25.6 Å². The van der Waals surface area contributed by atoms with Crippen LogP contribution in [0.25, 0.3) is 0 Å². The molecule has 1 N–H and O–H groups in total. The summed E-state index contributed by atoms with van der Waals surface area (Å²) in [5.74, 6) is -0.638. The largest absolute Gasteiger partial charge is 0.334 e. The number of halogens is 1. The summed E-state index contributed by atoms with van der Waals surface area (Å²) in [6.07, 6.45) is 0.956. The molecule has 0 aromatic heterocycles. The van der Waals surface area contributed by atoms with Gasteiger partial charge in [-0.1, -0.05) is 72.8 Å². The van der Waals surface area contributed by atoms with Crippen LogP contribution in [-0.2, 0) is 27.9 Å². The summed E-state index contributed by atoms with van der Waals surface area (Å²) >= 11 is 0. The monoisotopic (exact) mass is 440 g/mol. The van der Waals surface area contributed by atoms with Crippen molar-refractivity contribution >= 4 is 15.9 Å². The Morgan fingerprint density at radius 1 is 0.871 bits per heavy atom. The number of carbonyl (C=O) groups excluding carboxylic acids is 1. The van der Waals surface area contributed by atoms with Crippen LogP contribution in [0.3, 0.4) is 0 Å². The van der Waals surface area contributed by atoms with Gasteiger partial charge in [0.25, 0.3) is 0 Å². The first-order chi connectivity index (χ1) is 14.8. The van der Waals surface area contributed by atoms with Crippen LogP contribution in [0.1, 0.15) is 29.2 Å². The number of amides is 1. The molecule has 0 heterocycles. The maximum Gasteiger partial charge on any atom is 0.225 e. The Labute approximate surface area is 182 Å². The fraction of sp³-hybridized carbons (Fsp3) is 0.208. The molecular weight excluding hydrogens is 415 g/mol. The van der Waals surface area contributed by atoms with E-state index >= 15 is 0 Å². The van der Waals surface area contributed by atoms with Crippen molar-refractivity contribution in [1.29, 1.82) is 0 Å². The second-order valence-corrected chi connectivity index (χ2v) is 9.20. The van der Waals surface area contributed by atoms with Gasteiger partial charge < -0.3 is 4.90 Å². The molecule has 0 fully saturated rings. The molecule has 0 bridgehead atoms. The van der Waals surface area contributed by atoms with Crippen molar-refractivity contribution in [3.8, 4) is 0 Å². The molecule has 0 aliphatic carbocycles. The highest BCUT2D eigenvalue weighted by molar-refractivity contribution is 7.88. The van der Waals surface area contributed by atoms with E-state index in [9.17, 15) is 17.6 Å². The molecule has 0 aliphatic heterocycles. The van der Waals surface area contributed by atoms with E-state index in [0.29, 0.717) is 18.7 Å². The maximum absolute atomic E-state index is 13.3. The zero-order valence-electron chi connectivity index (χ0n) is 17.2. The van der Waals surface area contributed by atoms with E-state index in [1.165, 1.54) is 24.3 Å². The molecule has 0 spiro atoms. The highest BCUT2D eigenvalue weighted by atomic mass is 32.2. The van der Waals surface area contributed by atoms with Gasteiger partial charge in [0.05, 0.1) is 12.3 Å². The van der Waals surface area contributed by atoms with Crippen LogP contribution in [-0.4, -0.2) is 25.5 Å². The average molecular weight is 441 g/mol. The van der Waals surface area contributed by atoms with Gasteiger partial charge >= 0.3 is 0 Å². The smallest absolute Gasteiger partial charge is 0.225 e. The molecule has 0 aliphatic rings. The molecule has 0 unspecified atom stereocenters. The van der Waals surface area contributed by atoms with Gasteiger partial charge in [0.2, 0.25) is 15.9 Å². The van der Waals surface area contributed by atoms with Gasteiger partial charge in [0.15, 0.2) is 0 Å². The predicted molar refractivity (Wildman–Crippen MR) is 119 cm³/mol. The van der Waals surface area contributed by atoms with Crippen molar-refractivity contribution in [3.63, 3.8) is 0 Å². The highest BCUT2D eigenvalue weighted by Crippen LogP contribution is 2.21. The molecule has 0 saturated heterocycles. The Balaban J connectivity index is 1.85. The molecule has 3 aromatic carbocycles. The zero-order valence-corrected chi connectivity index (χ0v) is 18.1. The fourth-order valence-electron chi connectivity index (χ4n) is 3.32. The Hall–Kier alpha value is -3.03. The lowest BCUT2D eigenvalue weighted by atomic mass is 10.0. The van der Waals surface area contributed by atoms with Crippen molar-refractivity contribution in [3.05, 3.63) is 107 Å². The number of hydrogen-bond donors (Lipinski definition) is 1. The van der Waals surface area contributed by atoms with Gasteiger partial charge in [-0.3, -0.25) is 4.79 Å². The van der Waals surface area contributed by atoms with Crippen LogP contribution in [0.5, 0.6) is 0 Å². The van der Waals surface area contributed by atoms with Crippen LogP contribution < -0.4 is 4.72 Å². The maximum atomic E-state index is 13.3. The minimum Gasteiger partial charge on any atom is -0.334 e. The topological polar surface area (TPSA) is 66.5 Å². The zero-order chi connectivity index (χ0) is 22.3. The normalized spacial score (nSPS) is 12.3. The number of nitrogens with one attached hydrogen (secondary N) is 1. The third-order valence-corrected chi connectivity index (χ3v) is 5.51. The van der Waals surface area contributed by atoms with Gasteiger partial charge in [-0.2, -0.15) is 0 Å². The standard InChI is InChI=1S/C24H25FN2O3S/c1-31(29,30)26-23(21-12-14-22(25)15-13-21)16-24(28)27(17-19-8-4-2-5-9-19)18-20-10-6-3-7-11-20/h2-15,23,26H,16-18H2,1H3/t23-/m1/s1. The summed E-state index contributed by atoms with van der Waals surface area (Å²) in [6, 6.07) is 23.9. The summed E-state index contributed by atoms with van der Waals surface area (Å²) < 4.78 is 39.7. The molecule has 3 aromatic rings. The molecule has 0 radical (unpaired) electrons. The van der Waals surface area contributed by atoms with Gasteiger partial charge in [0, 0.05) is 19.5 Å². The summed E-state index contributed by atoms with van der Waals surface area (Å²) in [5, 5.41) is 0. The van der Waals surface area contributed by atoms with E-state index in [-0.39, 0.29) is 12.3 Å². The third-order valence-electron chi connectivity index (χ3n) is 4.79. The number of carbonyl (C=O) groups is 1. The van der Waals surface area contributed by atoms with Crippen LogP contribution >= 0.6 is 0 Å². The number of rotatable bonds is 9. The second-order valence-electron chi connectivity index (χ2n) is 7.42. The van der Waals surface area contributed by atoms with Crippen molar-refractivity contribution in [1.82, 2.24) is 9.62 Å². The van der Waals surface area contributed by atoms with Gasteiger partial charge in [-0.25, -0.2) is 17.5 Å². The first-order valence-corrected chi connectivity index (χ1v) is 11.8. The van der Waals surface area contributed by atoms with Gasteiger partial charge in [-0.15, -0.1) is 0 Å². The first kappa shape index (κ1) is 22.7. The molecule has 31 heavy (non-hydrogen) atoms. The molecule has 162 valence electrons. The van der Waals surface area contributed by atoms with E-state index in [1.807, 2.05) is 60.7 Å². The SMILES string of the molecule is CS(=O)(=O)N[C@H](CC(=O)N(Cc1ccccc1)Cc1ccccc1)c1ccc(F)cc1. The van der Waals surface area contributed by atoms with Gasteiger partial charge in [-0.05, 0) is 28.8 Å². The number of benzene rings is 3.